The van der Waals surface area contributed by atoms with Gasteiger partial charge in [-0.1, -0.05) is 6.07 Å². The van der Waals surface area contributed by atoms with Gasteiger partial charge in [0.05, 0.1) is 0 Å². The second kappa shape index (κ2) is 9.29. The molecule has 0 spiro atoms. The number of likely N-dealkylation sites (N-methyl/N-ethyl adjacent to an activating group) is 1. The summed E-state index contributed by atoms with van der Waals surface area (Å²) < 4.78 is 0. The average molecular weight is 240 g/mol. The molecule has 0 saturated carbocycles. The molecule has 6 heteroatoms. The molecule has 0 unspecified atom stereocenters. The summed E-state index contributed by atoms with van der Waals surface area (Å²) in [5.41, 5.74) is 1.15. The van der Waals surface area contributed by atoms with E-state index in [-0.39, 0.29) is 0 Å². The molecule has 0 radical (unpaired) electrons. The lowest BCUT2D eigenvalue weighted by Gasteiger charge is -1.96. The molecule has 94 valence electrons. The minimum Gasteiger partial charge on any atom is -0.481 e. The van der Waals surface area contributed by atoms with Crippen molar-refractivity contribution in [1.29, 1.82) is 0 Å². The number of nitrogens with one attached hydrogen (secondary N) is 1. The zero-order valence-corrected chi connectivity index (χ0v) is 9.59. The second-order valence-corrected chi connectivity index (χ2v) is 3.14. The Morgan fingerprint density at radius 2 is 1.94 bits per heavy atom. The van der Waals surface area contributed by atoms with E-state index in [9.17, 15) is 9.59 Å². The van der Waals surface area contributed by atoms with Gasteiger partial charge in [-0.25, -0.2) is 0 Å². The van der Waals surface area contributed by atoms with Gasteiger partial charge in [-0.15, -0.1) is 0 Å². The molecule has 3 N–H and O–H groups in total. The Morgan fingerprint density at radius 1 is 1.29 bits per heavy atom. The zero-order chi connectivity index (χ0) is 13.1. The summed E-state index contributed by atoms with van der Waals surface area (Å²) in [5.74, 6) is -2.62. The topological polar surface area (TPSA) is 99.5 Å². The van der Waals surface area contributed by atoms with Crippen LogP contribution >= 0.6 is 0 Å². The number of carboxylic acids is 2. The Morgan fingerprint density at radius 3 is 2.29 bits per heavy atom. The maximum absolute atomic E-state index is 9.43. The van der Waals surface area contributed by atoms with Crippen LogP contribution in [0.1, 0.15) is 12.1 Å². The minimum atomic E-state index is -1.31. The third kappa shape index (κ3) is 10.3. The van der Waals surface area contributed by atoms with E-state index in [0.717, 1.165) is 18.7 Å². The Bertz CT molecular complexity index is 329. The molecule has 0 amide bonds. The number of hydrogen-bond acceptors (Lipinski definition) is 4. The fourth-order valence-corrected chi connectivity index (χ4v) is 0.928. The SMILES string of the molecule is CNCCc1ccccn1.O=C(O)CC(=O)O. The number of nitrogens with zero attached hydrogens (tertiary/aromatic N) is 1. The van der Waals surface area contributed by atoms with Gasteiger partial charge in [0, 0.05) is 24.9 Å². The van der Waals surface area contributed by atoms with Crippen LogP contribution < -0.4 is 5.32 Å². The first-order valence-electron chi connectivity index (χ1n) is 5.04. The van der Waals surface area contributed by atoms with Crippen LogP contribution in [0.4, 0.5) is 0 Å². The van der Waals surface area contributed by atoms with E-state index in [1.54, 1.807) is 0 Å². The quantitative estimate of drug-likeness (QED) is 0.644. The Kier molecular flexibility index (Phi) is 8.22. The van der Waals surface area contributed by atoms with Crippen molar-refractivity contribution in [2.75, 3.05) is 13.6 Å². The molecule has 1 aromatic heterocycles. The highest BCUT2D eigenvalue weighted by atomic mass is 16.4. The number of pyridine rings is 1. The minimum absolute atomic E-state index is 0.806. The smallest absolute Gasteiger partial charge is 0.314 e. The van der Waals surface area contributed by atoms with E-state index >= 15 is 0 Å². The summed E-state index contributed by atoms with van der Waals surface area (Å²) in [6.07, 6.45) is 2.03. The van der Waals surface area contributed by atoms with E-state index in [2.05, 4.69) is 10.3 Å². The van der Waals surface area contributed by atoms with Crippen LogP contribution in [0.5, 0.6) is 0 Å². The van der Waals surface area contributed by atoms with Gasteiger partial charge in [0.1, 0.15) is 6.42 Å². The number of rotatable bonds is 5. The van der Waals surface area contributed by atoms with Gasteiger partial charge in [-0.3, -0.25) is 14.6 Å². The number of carboxylic acid groups (broad SMARTS) is 2. The van der Waals surface area contributed by atoms with Crippen molar-refractivity contribution >= 4 is 11.9 Å². The molecule has 0 aliphatic carbocycles. The van der Waals surface area contributed by atoms with Crippen molar-refractivity contribution in [3.63, 3.8) is 0 Å². The normalized spacial score (nSPS) is 9.00. The first-order chi connectivity index (χ1) is 8.06. The molecule has 6 nitrogen and oxygen atoms in total. The summed E-state index contributed by atoms with van der Waals surface area (Å²) >= 11 is 0. The van der Waals surface area contributed by atoms with Gasteiger partial charge < -0.3 is 15.5 Å². The van der Waals surface area contributed by atoms with E-state index in [1.165, 1.54) is 0 Å². The van der Waals surface area contributed by atoms with Crippen molar-refractivity contribution in [3.8, 4) is 0 Å². The third-order valence-electron chi connectivity index (χ3n) is 1.66. The number of hydrogen-bond donors (Lipinski definition) is 3. The van der Waals surface area contributed by atoms with Crippen LogP contribution in [0.15, 0.2) is 24.4 Å². The molecular formula is C11H16N2O4. The van der Waals surface area contributed by atoms with Gasteiger partial charge in [0.2, 0.25) is 0 Å². The van der Waals surface area contributed by atoms with Crippen LogP contribution in [0.2, 0.25) is 0 Å². The molecule has 1 rings (SSSR count). The van der Waals surface area contributed by atoms with Crippen LogP contribution in [-0.2, 0) is 16.0 Å². The molecular weight excluding hydrogens is 224 g/mol. The lowest BCUT2D eigenvalue weighted by Crippen LogP contribution is -2.10. The van der Waals surface area contributed by atoms with Gasteiger partial charge in [0.15, 0.2) is 0 Å². The molecule has 0 bridgehead atoms. The van der Waals surface area contributed by atoms with Gasteiger partial charge in [-0.05, 0) is 19.2 Å². The largest absolute Gasteiger partial charge is 0.481 e. The highest BCUT2D eigenvalue weighted by molar-refractivity contribution is 5.88. The summed E-state index contributed by atoms with van der Waals surface area (Å²) in [5, 5.41) is 18.5. The fourth-order valence-electron chi connectivity index (χ4n) is 0.928. The Balaban J connectivity index is 0.000000325. The van der Waals surface area contributed by atoms with E-state index in [4.69, 9.17) is 10.2 Å². The average Bonchev–Trinajstić information content (AvgIpc) is 2.27. The van der Waals surface area contributed by atoms with Crippen LogP contribution in [0.25, 0.3) is 0 Å². The summed E-state index contributed by atoms with van der Waals surface area (Å²) in [4.78, 5) is 23.0. The molecule has 0 aromatic carbocycles. The first-order valence-corrected chi connectivity index (χ1v) is 5.04. The monoisotopic (exact) mass is 240 g/mol. The molecule has 0 saturated heterocycles. The predicted octanol–water partition coefficient (Wildman–Crippen LogP) is 0.389. The Hall–Kier alpha value is -1.95. The predicted molar refractivity (Wildman–Crippen MR) is 61.8 cm³/mol. The third-order valence-corrected chi connectivity index (χ3v) is 1.66. The fraction of sp³-hybridized carbons (Fsp3) is 0.364. The number of aliphatic carboxylic acids is 2. The van der Waals surface area contributed by atoms with Gasteiger partial charge in [0.25, 0.3) is 0 Å². The van der Waals surface area contributed by atoms with Crippen molar-refractivity contribution in [2.45, 2.75) is 12.8 Å². The highest BCUT2D eigenvalue weighted by Crippen LogP contribution is 1.92. The summed E-state index contributed by atoms with van der Waals surface area (Å²) in [6, 6.07) is 5.98. The maximum atomic E-state index is 9.43. The zero-order valence-electron chi connectivity index (χ0n) is 9.59. The van der Waals surface area contributed by atoms with Crippen molar-refractivity contribution in [2.24, 2.45) is 0 Å². The van der Waals surface area contributed by atoms with E-state index < -0.39 is 18.4 Å². The van der Waals surface area contributed by atoms with Crippen LogP contribution in [0.3, 0.4) is 0 Å². The van der Waals surface area contributed by atoms with Gasteiger partial charge in [-0.2, -0.15) is 0 Å². The molecule has 0 fully saturated rings. The standard InChI is InChI=1S/C8H12N2.C3H4O4/c1-9-7-5-8-4-2-3-6-10-8;4-2(5)1-3(6)7/h2-4,6,9H,5,7H2,1H3;1H2,(H,4,5)(H,6,7). The molecule has 0 atom stereocenters. The van der Waals surface area contributed by atoms with Crippen LogP contribution in [-0.4, -0.2) is 40.7 Å². The molecule has 1 heterocycles. The molecule has 17 heavy (non-hydrogen) atoms. The molecule has 0 aliphatic rings. The van der Waals surface area contributed by atoms with Gasteiger partial charge >= 0.3 is 11.9 Å². The molecule has 0 aliphatic heterocycles. The van der Waals surface area contributed by atoms with Crippen molar-refractivity contribution in [1.82, 2.24) is 10.3 Å². The highest BCUT2D eigenvalue weighted by Gasteiger charge is 2.01. The molecule has 1 aromatic rings. The van der Waals surface area contributed by atoms with E-state index in [0.29, 0.717) is 0 Å². The number of aromatic nitrogens is 1. The maximum Gasteiger partial charge on any atom is 0.314 e. The summed E-state index contributed by atoms with van der Waals surface area (Å²) in [6.45, 7) is 0.997. The second-order valence-electron chi connectivity index (χ2n) is 3.14. The summed E-state index contributed by atoms with van der Waals surface area (Å²) in [7, 11) is 1.95. The van der Waals surface area contributed by atoms with E-state index in [1.807, 2.05) is 31.4 Å². The van der Waals surface area contributed by atoms with Crippen molar-refractivity contribution in [3.05, 3.63) is 30.1 Å². The van der Waals surface area contributed by atoms with Crippen LogP contribution in [0, 0.1) is 0 Å². The Labute approximate surface area is 99.3 Å². The lowest BCUT2D eigenvalue weighted by molar-refractivity contribution is -0.147. The van der Waals surface area contributed by atoms with Crippen molar-refractivity contribution < 1.29 is 19.8 Å². The first kappa shape index (κ1) is 15.0. The number of carbonyl (C=O) groups is 2. The lowest BCUT2D eigenvalue weighted by atomic mass is 10.3.